The molecule has 2 rings (SSSR count). The monoisotopic (exact) mass is 285 g/mol. The van der Waals surface area contributed by atoms with E-state index < -0.39 is 0 Å². The van der Waals surface area contributed by atoms with Crippen LogP contribution >= 0.6 is 11.6 Å². The molecule has 0 spiro atoms. The molecule has 1 aromatic carbocycles. The molecule has 2 nitrogen and oxygen atoms in total. The Morgan fingerprint density at radius 3 is 3.05 bits per heavy atom. The van der Waals surface area contributed by atoms with Crippen molar-refractivity contribution >= 4 is 11.6 Å². The molecule has 1 fully saturated rings. The van der Waals surface area contributed by atoms with Crippen molar-refractivity contribution in [1.29, 1.82) is 0 Å². The summed E-state index contributed by atoms with van der Waals surface area (Å²) in [6.07, 6.45) is 2.89. The predicted octanol–water partition coefficient (Wildman–Crippen LogP) is 3.43. The van der Waals surface area contributed by atoms with Crippen LogP contribution in [-0.2, 0) is 11.2 Å². The predicted molar refractivity (Wildman–Crippen MR) is 76.1 cm³/mol. The first-order valence-electron chi connectivity index (χ1n) is 6.95. The molecule has 1 aliphatic heterocycles. The van der Waals surface area contributed by atoms with E-state index >= 15 is 0 Å². The average Bonchev–Trinajstić information content (AvgIpc) is 2.43. The molecule has 0 amide bonds. The Labute approximate surface area is 119 Å². The largest absolute Gasteiger partial charge is 0.381 e. The van der Waals surface area contributed by atoms with Crippen molar-refractivity contribution in [2.75, 3.05) is 19.8 Å². The number of likely N-dealkylation sites (N-methyl/N-ethyl adjacent to an activating group) is 1. The number of hydrogen-bond donors (Lipinski definition) is 1. The van der Waals surface area contributed by atoms with Crippen molar-refractivity contribution in [2.24, 2.45) is 5.92 Å². The molecule has 4 heteroatoms. The summed E-state index contributed by atoms with van der Waals surface area (Å²) in [4.78, 5) is 0. The number of rotatable bonds is 5. The molecule has 1 N–H and O–H groups in total. The quantitative estimate of drug-likeness (QED) is 0.895. The highest BCUT2D eigenvalue weighted by Crippen LogP contribution is 2.23. The molecular formula is C15H21ClFNO. The maximum atomic E-state index is 13.8. The second kappa shape index (κ2) is 7.22. The summed E-state index contributed by atoms with van der Waals surface area (Å²) >= 11 is 5.95. The zero-order valence-corrected chi connectivity index (χ0v) is 12.0. The van der Waals surface area contributed by atoms with Crippen LogP contribution in [0.15, 0.2) is 18.2 Å². The Morgan fingerprint density at radius 2 is 2.37 bits per heavy atom. The van der Waals surface area contributed by atoms with Crippen LogP contribution in [-0.4, -0.2) is 25.8 Å². The van der Waals surface area contributed by atoms with Gasteiger partial charge in [0.15, 0.2) is 0 Å². The fourth-order valence-corrected chi connectivity index (χ4v) is 2.88. The van der Waals surface area contributed by atoms with E-state index in [-0.39, 0.29) is 11.9 Å². The van der Waals surface area contributed by atoms with Crippen LogP contribution in [0.3, 0.4) is 0 Å². The SMILES string of the molecule is CCNC(Cc1cc(Cl)ccc1F)C1CCCOC1. The van der Waals surface area contributed by atoms with Gasteiger partial charge < -0.3 is 10.1 Å². The lowest BCUT2D eigenvalue weighted by molar-refractivity contribution is 0.0394. The normalized spacial score (nSPS) is 21.3. The topological polar surface area (TPSA) is 21.3 Å². The summed E-state index contributed by atoms with van der Waals surface area (Å²) in [5, 5.41) is 4.05. The second-order valence-corrected chi connectivity index (χ2v) is 5.52. The summed E-state index contributed by atoms with van der Waals surface area (Å²) in [6, 6.07) is 5.01. The minimum atomic E-state index is -0.177. The van der Waals surface area contributed by atoms with Crippen molar-refractivity contribution < 1.29 is 9.13 Å². The average molecular weight is 286 g/mol. The standard InChI is InChI=1S/C15H21ClFNO/c1-2-18-15(11-4-3-7-19-10-11)9-12-8-13(16)5-6-14(12)17/h5-6,8,11,15,18H,2-4,7,9-10H2,1H3. The van der Waals surface area contributed by atoms with E-state index in [0.717, 1.165) is 32.6 Å². The molecular weight excluding hydrogens is 265 g/mol. The Balaban J connectivity index is 2.08. The molecule has 19 heavy (non-hydrogen) atoms. The summed E-state index contributed by atoms with van der Waals surface area (Å²) in [6.45, 7) is 4.56. The number of ether oxygens (including phenoxy) is 1. The van der Waals surface area contributed by atoms with E-state index in [4.69, 9.17) is 16.3 Å². The number of benzene rings is 1. The zero-order valence-electron chi connectivity index (χ0n) is 11.3. The van der Waals surface area contributed by atoms with Gasteiger partial charge in [0, 0.05) is 17.7 Å². The van der Waals surface area contributed by atoms with E-state index in [1.54, 1.807) is 12.1 Å². The fourth-order valence-electron chi connectivity index (χ4n) is 2.69. The number of halogens is 2. The van der Waals surface area contributed by atoms with Crippen molar-refractivity contribution in [3.8, 4) is 0 Å². The maximum Gasteiger partial charge on any atom is 0.126 e. The first-order chi connectivity index (χ1) is 9.20. The van der Waals surface area contributed by atoms with Crippen molar-refractivity contribution in [3.63, 3.8) is 0 Å². The number of nitrogens with one attached hydrogen (secondary N) is 1. The van der Waals surface area contributed by atoms with Gasteiger partial charge in [-0.05, 0) is 55.5 Å². The van der Waals surface area contributed by atoms with Crippen molar-refractivity contribution in [2.45, 2.75) is 32.2 Å². The molecule has 1 saturated heterocycles. The molecule has 0 aromatic heterocycles. The molecule has 0 aliphatic carbocycles. The Morgan fingerprint density at radius 1 is 1.53 bits per heavy atom. The minimum absolute atomic E-state index is 0.177. The van der Waals surface area contributed by atoms with Gasteiger partial charge in [-0.1, -0.05) is 18.5 Å². The summed E-state index contributed by atoms with van der Waals surface area (Å²) in [5.74, 6) is 0.274. The molecule has 2 unspecified atom stereocenters. The number of hydrogen-bond acceptors (Lipinski definition) is 2. The second-order valence-electron chi connectivity index (χ2n) is 5.08. The Hall–Kier alpha value is -0.640. The highest BCUT2D eigenvalue weighted by molar-refractivity contribution is 6.30. The van der Waals surface area contributed by atoms with E-state index in [0.29, 0.717) is 22.9 Å². The van der Waals surface area contributed by atoms with E-state index in [9.17, 15) is 4.39 Å². The summed E-state index contributed by atoms with van der Waals surface area (Å²) in [5.41, 5.74) is 0.684. The van der Waals surface area contributed by atoms with E-state index in [2.05, 4.69) is 12.2 Å². The third kappa shape index (κ3) is 4.16. The third-order valence-electron chi connectivity index (χ3n) is 3.68. The highest BCUT2D eigenvalue weighted by atomic mass is 35.5. The van der Waals surface area contributed by atoms with Crippen LogP contribution in [0.5, 0.6) is 0 Å². The van der Waals surface area contributed by atoms with Crippen molar-refractivity contribution in [1.82, 2.24) is 5.32 Å². The van der Waals surface area contributed by atoms with Crippen molar-refractivity contribution in [3.05, 3.63) is 34.6 Å². The van der Waals surface area contributed by atoms with Gasteiger partial charge in [0.25, 0.3) is 0 Å². The molecule has 0 bridgehead atoms. The van der Waals surface area contributed by atoms with Crippen LogP contribution in [0.1, 0.15) is 25.3 Å². The van der Waals surface area contributed by atoms with Gasteiger partial charge in [0.05, 0.1) is 6.61 Å². The summed E-state index contributed by atoms with van der Waals surface area (Å²) in [7, 11) is 0. The molecule has 106 valence electrons. The van der Waals surface area contributed by atoms with E-state index in [1.807, 2.05) is 0 Å². The fraction of sp³-hybridized carbons (Fsp3) is 0.600. The maximum absolute atomic E-state index is 13.8. The first kappa shape index (κ1) is 14.8. The van der Waals surface area contributed by atoms with Gasteiger partial charge in [0.1, 0.15) is 5.82 Å². The van der Waals surface area contributed by atoms with Crippen LogP contribution in [0.4, 0.5) is 4.39 Å². The van der Waals surface area contributed by atoms with Crippen LogP contribution in [0.25, 0.3) is 0 Å². The molecule has 2 atom stereocenters. The van der Waals surface area contributed by atoms with Gasteiger partial charge in [-0.2, -0.15) is 0 Å². The van der Waals surface area contributed by atoms with Crippen LogP contribution in [0, 0.1) is 11.7 Å². The Kier molecular flexibility index (Phi) is 5.61. The van der Waals surface area contributed by atoms with E-state index in [1.165, 1.54) is 6.07 Å². The lowest BCUT2D eigenvalue weighted by Gasteiger charge is -2.31. The lowest BCUT2D eigenvalue weighted by atomic mass is 9.89. The summed E-state index contributed by atoms with van der Waals surface area (Å²) < 4.78 is 19.4. The minimum Gasteiger partial charge on any atom is -0.381 e. The van der Waals surface area contributed by atoms with Gasteiger partial charge >= 0.3 is 0 Å². The third-order valence-corrected chi connectivity index (χ3v) is 3.91. The van der Waals surface area contributed by atoms with Gasteiger partial charge in [-0.15, -0.1) is 0 Å². The molecule has 0 radical (unpaired) electrons. The zero-order chi connectivity index (χ0) is 13.7. The lowest BCUT2D eigenvalue weighted by Crippen LogP contribution is -2.41. The Bertz CT molecular complexity index is 407. The van der Waals surface area contributed by atoms with Crippen LogP contribution < -0.4 is 5.32 Å². The molecule has 1 aliphatic rings. The van der Waals surface area contributed by atoms with Gasteiger partial charge in [0.2, 0.25) is 0 Å². The highest BCUT2D eigenvalue weighted by Gasteiger charge is 2.24. The molecule has 0 saturated carbocycles. The molecule has 1 heterocycles. The van der Waals surface area contributed by atoms with Crippen LogP contribution in [0.2, 0.25) is 5.02 Å². The smallest absolute Gasteiger partial charge is 0.126 e. The van der Waals surface area contributed by atoms with Gasteiger partial charge in [-0.3, -0.25) is 0 Å². The molecule has 1 aromatic rings. The van der Waals surface area contributed by atoms with Gasteiger partial charge in [-0.25, -0.2) is 4.39 Å². The first-order valence-corrected chi connectivity index (χ1v) is 7.33.